The molecule has 4 nitrogen and oxygen atoms in total. The number of ether oxygens (including phenoxy) is 1. The maximum absolute atomic E-state index is 13.3. The third kappa shape index (κ3) is 5.66. The molecule has 0 saturated carbocycles. The molecule has 3 rings (SSSR count). The van der Waals surface area contributed by atoms with Gasteiger partial charge in [-0.25, -0.2) is 0 Å². The van der Waals surface area contributed by atoms with Gasteiger partial charge in [-0.3, -0.25) is 4.79 Å². The van der Waals surface area contributed by atoms with Crippen LogP contribution in [0.2, 0.25) is 0 Å². The molecule has 1 fully saturated rings. The summed E-state index contributed by atoms with van der Waals surface area (Å²) < 4.78 is 5.42. The Hall–Kier alpha value is -2.17. The minimum absolute atomic E-state index is 0.000609. The molecule has 1 unspecified atom stereocenters. The molecule has 0 N–H and O–H groups in total. The van der Waals surface area contributed by atoms with E-state index in [1.54, 1.807) is 0 Å². The number of carbonyl (C=O) groups excluding carboxylic acids is 1. The Bertz CT molecular complexity index is 747. The lowest BCUT2D eigenvalue weighted by Crippen LogP contribution is -2.36. The zero-order chi connectivity index (χ0) is 19.9. The Kier molecular flexibility index (Phi) is 7.24. The Morgan fingerprint density at radius 3 is 2.29 bits per heavy atom. The Morgan fingerprint density at radius 1 is 1.04 bits per heavy atom. The minimum Gasteiger partial charge on any atom is -0.378 e. The lowest BCUT2D eigenvalue weighted by Gasteiger charge is -2.29. The van der Waals surface area contributed by atoms with Gasteiger partial charge in [0.15, 0.2) is 5.78 Å². The summed E-state index contributed by atoms with van der Waals surface area (Å²) in [5, 5.41) is 0. The first kappa shape index (κ1) is 20.6. The molecular formula is C24H32N2O2. The summed E-state index contributed by atoms with van der Waals surface area (Å²) in [6, 6.07) is 16.7. The lowest BCUT2D eigenvalue weighted by molar-refractivity contribution is 0.0906. The van der Waals surface area contributed by atoms with Gasteiger partial charge in [-0.2, -0.15) is 0 Å². The average molecular weight is 381 g/mol. The second-order valence-electron chi connectivity index (χ2n) is 7.99. The predicted octanol–water partition coefficient (Wildman–Crippen LogP) is 3.82. The van der Waals surface area contributed by atoms with E-state index in [0.717, 1.165) is 51.3 Å². The van der Waals surface area contributed by atoms with Crippen molar-refractivity contribution in [2.24, 2.45) is 5.92 Å². The van der Waals surface area contributed by atoms with Gasteiger partial charge in [-0.05, 0) is 70.2 Å². The fraction of sp³-hybridized carbons (Fsp3) is 0.458. The molecule has 2 aromatic carbocycles. The van der Waals surface area contributed by atoms with Crippen molar-refractivity contribution < 1.29 is 9.53 Å². The van der Waals surface area contributed by atoms with Gasteiger partial charge in [0.1, 0.15) is 0 Å². The third-order valence-corrected chi connectivity index (χ3v) is 5.43. The number of rotatable bonds is 8. The Morgan fingerprint density at radius 2 is 1.68 bits per heavy atom. The predicted molar refractivity (Wildman–Crippen MR) is 115 cm³/mol. The van der Waals surface area contributed by atoms with E-state index in [-0.39, 0.29) is 11.7 Å². The zero-order valence-corrected chi connectivity index (χ0v) is 17.4. The molecular weight excluding hydrogens is 348 g/mol. The maximum Gasteiger partial charge on any atom is 0.166 e. The third-order valence-electron chi connectivity index (χ3n) is 5.43. The summed E-state index contributed by atoms with van der Waals surface area (Å²) in [5.41, 5.74) is 4.46. The first-order valence-electron chi connectivity index (χ1n) is 10.2. The van der Waals surface area contributed by atoms with Crippen molar-refractivity contribution in [2.45, 2.75) is 19.8 Å². The number of carbonyl (C=O) groups is 1. The smallest absolute Gasteiger partial charge is 0.166 e. The highest BCUT2D eigenvalue weighted by molar-refractivity contribution is 5.98. The van der Waals surface area contributed by atoms with E-state index in [4.69, 9.17) is 4.74 Å². The Labute approximate surface area is 169 Å². The topological polar surface area (TPSA) is 32.8 Å². The summed E-state index contributed by atoms with van der Waals surface area (Å²) >= 11 is 0. The molecule has 1 atom stereocenters. The van der Waals surface area contributed by atoms with E-state index in [0.29, 0.717) is 0 Å². The molecule has 2 aromatic rings. The second-order valence-corrected chi connectivity index (χ2v) is 7.99. The molecule has 1 saturated heterocycles. The number of morpholine rings is 1. The molecule has 1 aliphatic rings. The van der Waals surface area contributed by atoms with Crippen LogP contribution in [0.5, 0.6) is 0 Å². The van der Waals surface area contributed by atoms with Gasteiger partial charge in [-0.1, -0.05) is 29.8 Å². The van der Waals surface area contributed by atoms with E-state index < -0.39 is 0 Å². The number of ketones is 1. The van der Waals surface area contributed by atoms with Gasteiger partial charge < -0.3 is 14.5 Å². The van der Waals surface area contributed by atoms with Gasteiger partial charge in [0.2, 0.25) is 0 Å². The largest absolute Gasteiger partial charge is 0.378 e. The molecule has 150 valence electrons. The lowest BCUT2D eigenvalue weighted by atomic mass is 9.88. The summed E-state index contributed by atoms with van der Waals surface area (Å²) in [6.07, 6.45) is 1.66. The number of aryl methyl sites for hydroxylation is 1. The van der Waals surface area contributed by atoms with Crippen molar-refractivity contribution in [1.82, 2.24) is 4.90 Å². The molecule has 1 aliphatic heterocycles. The molecule has 4 heteroatoms. The average Bonchev–Trinajstić information content (AvgIpc) is 2.72. The van der Waals surface area contributed by atoms with Gasteiger partial charge >= 0.3 is 0 Å². The fourth-order valence-corrected chi connectivity index (χ4v) is 3.64. The van der Waals surface area contributed by atoms with Crippen molar-refractivity contribution in [3.05, 3.63) is 65.2 Å². The standard InChI is InChI=1S/C24H32N2O2/c1-19-4-6-20(7-5-19)18-22(12-13-25(2)3)24(27)21-8-10-23(11-9-21)26-14-16-28-17-15-26/h4-11,22H,12-18H2,1-3H3. The quantitative estimate of drug-likeness (QED) is 0.652. The van der Waals surface area contributed by atoms with Crippen LogP contribution in [0.1, 0.15) is 27.9 Å². The molecule has 0 aromatic heterocycles. The maximum atomic E-state index is 13.3. The van der Waals surface area contributed by atoms with Crippen molar-refractivity contribution >= 4 is 11.5 Å². The number of benzene rings is 2. The van der Waals surface area contributed by atoms with Gasteiger partial charge in [-0.15, -0.1) is 0 Å². The molecule has 0 spiro atoms. The van der Waals surface area contributed by atoms with Crippen LogP contribution >= 0.6 is 0 Å². The highest BCUT2D eigenvalue weighted by atomic mass is 16.5. The first-order valence-corrected chi connectivity index (χ1v) is 10.2. The van der Waals surface area contributed by atoms with E-state index in [9.17, 15) is 4.79 Å². The highest BCUT2D eigenvalue weighted by Crippen LogP contribution is 2.22. The van der Waals surface area contributed by atoms with Crippen LogP contribution in [-0.2, 0) is 11.2 Å². The number of anilines is 1. The van der Waals surface area contributed by atoms with E-state index >= 15 is 0 Å². The second kappa shape index (κ2) is 9.85. The molecule has 1 heterocycles. The van der Waals surface area contributed by atoms with E-state index in [2.05, 4.69) is 67.2 Å². The monoisotopic (exact) mass is 380 g/mol. The van der Waals surface area contributed by atoms with Crippen molar-refractivity contribution in [1.29, 1.82) is 0 Å². The summed E-state index contributed by atoms with van der Waals surface area (Å²) in [6.45, 7) is 6.36. The molecule has 28 heavy (non-hydrogen) atoms. The van der Waals surface area contributed by atoms with Crippen LogP contribution in [0.25, 0.3) is 0 Å². The fourth-order valence-electron chi connectivity index (χ4n) is 3.64. The highest BCUT2D eigenvalue weighted by Gasteiger charge is 2.21. The van der Waals surface area contributed by atoms with Crippen LogP contribution in [0, 0.1) is 12.8 Å². The zero-order valence-electron chi connectivity index (χ0n) is 17.4. The summed E-state index contributed by atoms with van der Waals surface area (Å²) in [4.78, 5) is 17.7. The molecule has 0 bridgehead atoms. The van der Waals surface area contributed by atoms with Crippen LogP contribution in [0.15, 0.2) is 48.5 Å². The number of nitrogens with zero attached hydrogens (tertiary/aromatic N) is 2. The molecule has 0 aliphatic carbocycles. The van der Waals surface area contributed by atoms with Crippen molar-refractivity contribution in [3.63, 3.8) is 0 Å². The molecule has 0 radical (unpaired) electrons. The van der Waals surface area contributed by atoms with Crippen molar-refractivity contribution in [3.8, 4) is 0 Å². The van der Waals surface area contributed by atoms with Gasteiger partial charge in [0, 0.05) is 30.3 Å². The van der Waals surface area contributed by atoms with E-state index in [1.807, 2.05) is 12.1 Å². The minimum atomic E-state index is -0.000609. The van der Waals surface area contributed by atoms with Crippen LogP contribution in [0.3, 0.4) is 0 Å². The van der Waals surface area contributed by atoms with Crippen molar-refractivity contribution in [2.75, 3.05) is 51.8 Å². The normalized spacial score (nSPS) is 15.6. The number of hydrogen-bond donors (Lipinski definition) is 0. The number of Topliss-reactive ketones (excluding diaryl/α,β-unsaturated/α-hetero) is 1. The van der Waals surface area contributed by atoms with E-state index in [1.165, 1.54) is 16.8 Å². The SMILES string of the molecule is Cc1ccc(CC(CCN(C)C)C(=O)c2ccc(N3CCOCC3)cc2)cc1. The van der Waals surface area contributed by atoms with Crippen LogP contribution < -0.4 is 4.90 Å². The number of hydrogen-bond acceptors (Lipinski definition) is 4. The van der Waals surface area contributed by atoms with Crippen LogP contribution in [-0.4, -0.2) is 57.6 Å². The van der Waals surface area contributed by atoms with Crippen LogP contribution in [0.4, 0.5) is 5.69 Å². The first-order chi connectivity index (χ1) is 13.5. The Balaban J connectivity index is 1.72. The van der Waals surface area contributed by atoms with Gasteiger partial charge in [0.05, 0.1) is 13.2 Å². The summed E-state index contributed by atoms with van der Waals surface area (Å²) in [7, 11) is 4.12. The molecule has 0 amide bonds. The van der Waals surface area contributed by atoms with Gasteiger partial charge in [0.25, 0.3) is 0 Å². The summed E-state index contributed by atoms with van der Waals surface area (Å²) in [5.74, 6) is 0.246.